The summed E-state index contributed by atoms with van der Waals surface area (Å²) in [6, 6.07) is 18.9. The number of rotatable bonds is 6. The molecule has 1 atom stereocenters. The predicted molar refractivity (Wildman–Crippen MR) is 112 cm³/mol. The first-order valence-corrected chi connectivity index (χ1v) is 9.39. The van der Waals surface area contributed by atoms with Crippen molar-refractivity contribution < 1.29 is 19.0 Å². The van der Waals surface area contributed by atoms with Crippen LogP contribution in [0.3, 0.4) is 0 Å². The Hall–Kier alpha value is -3.71. The standard InChI is InChI=1S/C23H20FN3O3/c1-30-18-7-3-5-16(11-18)21(13-28)25-23(29)17-6-2-4-14(10-17)15-8-9-20-19(12-15)22(24)27-26-20/h2-12,21,28H,13H2,1H3,(H,25,29)(H,26,27). The normalized spacial score (nSPS) is 12.0. The second-order valence-corrected chi connectivity index (χ2v) is 6.84. The van der Waals surface area contributed by atoms with Gasteiger partial charge in [0.25, 0.3) is 5.91 Å². The van der Waals surface area contributed by atoms with Gasteiger partial charge in [0.2, 0.25) is 5.95 Å². The molecule has 6 nitrogen and oxygen atoms in total. The molecule has 0 radical (unpaired) electrons. The maximum absolute atomic E-state index is 13.8. The van der Waals surface area contributed by atoms with E-state index >= 15 is 0 Å². The fourth-order valence-electron chi connectivity index (χ4n) is 3.33. The lowest BCUT2D eigenvalue weighted by Gasteiger charge is -2.18. The average molecular weight is 405 g/mol. The highest BCUT2D eigenvalue weighted by Gasteiger charge is 2.16. The molecular weight excluding hydrogens is 385 g/mol. The van der Waals surface area contributed by atoms with Gasteiger partial charge in [-0.3, -0.25) is 9.89 Å². The monoisotopic (exact) mass is 405 g/mol. The summed E-state index contributed by atoms with van der Waals surface area (Å²) in [5.41, 5.74) is 3.24. The molecule has 1 unspecified atom stereocenters. The van der Waals surface area contributed by atoms with Crippen molar-refractivity contribution in [2.24, 2.45) is 0 Å². The highest BCUT2D eigenvalue weighted by molar-refractivity contribution is 5.96. The minimum absolute atomic E-state index is 0.255. The topological polar surface area (TPSA) is 87.2 Å². The Morgan fingerprint density at radius 1 is 1.13 bits per heavy atom. The maximum atomic E-state index is 13.8. The SMILES string of the molecule is COc1cccc(C(CO)NC(=O)c2cccc(-c3ccc4n[nH]c(F)c4c3)c2)c1. The lowest BCUT2D eigenvalue weighted by Crippen LogP contribution is -2.30. The van der Waals surface area contributed by atoms with Crippen LogP contribution < -0.4 is 10.1 Å². The van der Waals surface area contributed by atoms with Crippen molar-refractivity contribution in [2.45, 2.75) is 6.04 Å². The van der Waals surface area contributed by atoms with Crippen LogP contribution in [0.15, 0.2) is 66.7 Å². The minimum Gasteiger partial charge on any atom is -0.497 e. The van der Waals surface area contributed by atoms with E-state index in [1.54, 1.807) is 55.6 Å². The third-order valence-electron chi connectivity index (χ3n) is 4.95. The second kappa shape index (κ2) is 8.34. The van der Waals surface area contributed by atoms with E-state index in [-0.39, 0.29) is 12.5 Å². The van der Waals surface area contributed by atoms with E-state index in [4.69, 9.17) is 4.74 Å². The Bertz CT molecular complexity index is 1210. The number of hydrogen-bond donors (Lipinski definition) is 3. The van der Waals surface area contributed by atoms with Crippen molar-refractivity contribution in [1.82, 2.24) is 15.5 Å². The minimum atomic E-state index is -0.576. The molecule has 152 valence electrons. The van der Waals surface area contributed by atoms with Crippen molar-refractivity contribution >= 4 is 16.8 Å². The lowest BCUT2D eigenvalue weighted by molar-refractivity contribution is 0.0916. The molecule has 0 aliphatic rings. The van der Waals surface area contributed by atoms with Crippen molar-refractivity contribution in [3.63, 3.8) is 0 Å². The third-order valence-corrected chi connectivity index (χ3v) is 4.95. The van der Waals surface area contributed by atoms with E-state index in [1.165, 1.54) is 0 Å². The Kier molecular flexibility index (Phi) is 5.45. The van der Waals surface area contributed by atoms with Crippen LogP contribution in [0.4, 0.5) is 4.39 Å². The number of aromatic nitrogens is 2. The third kappa shape index (κ3) is 3.88. The first kappa shape index (κ1) is 19.6. The number of carbonyl (C=O) groups is 1. The zero-order chi connectivity index (χ0) is 21.1. The molecule has 30 heavy (non-hydrogen) atoms. The molecule has 3 N–H and O–H groups in total. The molecule has 0 aliphatic heterocycles. The Morgan fingerprint density at radius 3 is 2.73 bits per heavy atom. The Morgan fingerprint density at radius 2 is 1.93 bits per heavy atom. The first-order chi connectivity index (χ1) is 14.6. The molecule has 4 aromatic rings. The number of methoxy groups -OCH3 is 1. The molecule has 0 saturated carbocycles. The molecule has 1 aromatic heterocycles. The molecule has 0 spiro atoms. The number of nitrogens with one attached hydrogen (secondary N) is 2. The van der Waals surface area contributed by atoms with Gasteiger partial charge in [-0.05, 0) is 53.1 Å². The Balaban J connectivity index is 1.59. The van der Waals surface area contributed by atoms with Gasteiger partial charge < -0.3 is 15.2 Å². The maximum Gasteiger partial charge on any atom is 0.251 e. The molecule has 0 saturated heterocycles. The number of aliphatic hydroxyl groups excluding tert-OH is 1. The zero-order valence-corrected chi connectivity index (χ0v) is 16.2. The van der Waals surface area contributed by atoms with Gasteiger partial charge in [-0.15, -0.1) is 0 Å². The van der Waals surface area contributed by atoms with Crippen LogP contribution in [0.25, 0.3) is 22.0 Å². The number of halogens is 1. The van der Waals surface area contributed by atoms with Gasteiger partial charge in [-0.25, -0.2) is 0 Å². The second-order valence-electron chi connectivity index (χ2n) is 6.84. The van der Waals surface area contributed by atoms with Gasteiger partial charge >= 0.3 is 0 Å². The fraction of sp³-hybridized carbons (Fsp3) is 0.130. The van der Waals surface area contributed by atoms with Gasteiger partial charge in [0.05, 0.1) is 30.7 Å². The number of amides is 1. The number of nitrogens with zero attached hydrogens (tertiary/aromatic N) is 1. The smallest absolute Gasteiger partial charge is 0.251 e. The van der Waals surface area contributed by atoms with E-state index in [0.717, 1.165) is 16.7 Å². The number of hydrogen-bond acceptors (Lipinski definition) is 4. The number of H-pyrrole nitrogens is 1. The number of aliphatic hydroxyl groups is 1. The highest BCUT2D eigenvalue weighted by atomic mass is 19.1. The summed E-state index contributed by atoms with van der Waals surface area (Å²) in [7, 11) is 1.56. The fourth-order valence-corrected chi connectivity index (χ4v) is 3.33. The summed E-state index contributed by atoms with van der Waals surface area (Å²) in [4.78, 5) is 12.8. The number of aromatic amines is 1. The molecule has 0 bridgehead atoms. The summed E-state index contributed by atoms with van der Waals surface area (Å²) in [5.74, 6) is -0.178. The number of benzene rings is 3. The van der Waals surface area contributed by atoms with Gasteiger partial charge in [0.1, 0.15) is 5.75 Å². The van der Waals surface area contributed by atoms with Gasteiger partial charge in [0.15, 0.2) is 0 Å². The molecule has 7 heteroatoms. The summed E-state index contributed by atoms with van der Waals surface area (Å²) >= 11 is 0. The van der Waals surface area contributed by atoms with Crippen molar-refractivity contribution in [2.75, 3.05) is 13.7 Å². The van der Waals surface area contributed by atoms with E-state index in [2.05, 4.69) is 15.5 Å². The molecule has 0 aliphatic carbocycles. The summed E-state index contributed by atoms with van der Waals surface area (Å²) in [5, 5.41) is 19.2. The van der Waals surface area contributed by atoms with Crippen molar-refractivity contribution in [1.29, 1.82) is 0 Å². The predicted octanol–water partition coefficient (Wildman–Crippen LogP) is 3.84. The van der Waals surface area contributed by atoms with Crippen molar-refractivity contribution in [3.05, 3.63) is 83.8 Å². The van der Waals surface area contributed by atoms with E-state index in [9.17, 15) is 14.3 Å². The first-order valence-electron chi connectivity index (χ1n) is 9.39. The van der Waals surface area contributed by atoms with Gasteiger partial charge in [-0.2, -0.15) is 9.49 Å². The number of ether oxygens (including phenoxy) is 1. The van der Waals surface area contributed by atoms with E-state index in [0.29, 0.717) is 22.2 Å². The number of carbonyl (C=O) groups excluding carboxylic acids is 1. The molecule has 3 aromatic carbocycles. The van der Waals surface area contributed by atoms with E-state index < -0.39 is 12.0 Å². The van der Waals surface area contributed by atoms with Crippen LogP contribution >= 0.6 is 0 Å². The summed E-state index contributed by atoms with van der Waals surface area (Å²) in [6.07, 6.45) is 0. The summed E-state index contributed by atoms with van der Waals surface area (Å²) in [6.45, 7) is -0.255. The van der Waals surface area contributed by atoms with Gasteiger partial charge in [-0.1, -0.05) is 30.3 Å². The summed E-state index contributed by atoms with van der Waals surface area (Å²) < 4.78 is 19.0. The van der Waals surface area contributed by atoms with Gasteiger partial charge in [0, 0.05) is 5.56 Å². The molecule has 1 amide bonds. The molecule has 1 heterocycles. The lowest BCUT2D eigenvalue weighted by atomic mass is 10.0. The molecule has 4 rings (SSSR count). The van der Waals surface area contributed by atoms with Crippen LogP contribution in [0.5, 0.6) is 5.75 Å². The van der Waals surface area contributed by atoms with Crippen LogP contribution in [-0.2, 0) is 0 Å². The molecular formula is C23H20FN3O3. The van der Waals surface area contributed by atoms with Crippen LogP contribution in [0.1, 0.15) is 22.0 Å². The zero-order valence-electron chi connectivity index (χ0n) is 16.2. The molecule has 0 fully saturated rings. The highest BCUT2D eigenvalue weighted by Crippen LogP contribution is 2.26. The van der Waals surface area contributed by atoms with Crippen LogP contribution in [0, 0.1) is 5.95 Å². The largest absolute Gasteiger partial charge is 0.497 e. The Labute approximate surface area is 172 Å². The van der Waals surface area contributed by atoms with Crippen LogP contribution in [-0.4, -0.2) is 34.9 Å². The van der Waals surface area contributed by atoms with E-state index in [1.807, 2.05) is 18.2 Å². The quantitative estimate of drug-likeness (QED) is 0.455. The number of fused-ring (bicyclic) bond motifs is 1. The van der Waals surface area contributed by atoms with Crippen LogP contribution in [0.2, 0.25) is 0 Å². The average Bonchev–Trinajstić information content (AvgIpc) is 3.17. The van der Waals surface area contributed by atoms with Crippen molar-refractivity contribution in [3.8, 4) is 16.9 Å².